The largest absolute Gasteiger partial charge is 0.416 e. The van der Waals surface area contributed by atoms with E-state index in [0.29, 0.717) is 11.3 Å². The van der Waals surface area contributed by atoms with Crippen molar-refractivity contribution < 1.29 is 18.0 Å². The van der Waals surface area contributed by atoms with E-state index in [0.717, 1.165) is 16.6 Å². The van der Waals surface area contributed by atoms with Crippen LogP contribution in [-0.2, 0) is 6.18 Å². The lowest BCUT2D eigenvalue weighted by Crippen LogP contribution is -2.06. The summed E-state index contributed by atoms with van der Waals surface area (Å²) in [6, 6.07) is 7.99. The quantitative estimate of drug-likeness (QED) is 0.462. The molecule has 0 aliphatic heterocycles. The van der Waals surface area contributed by atoms with Gasteiger partial charge in [0, 0.05) is 16.2 Å². The highest BCUT2D eigenvalue weighted by Crippen LogP contribution is 2.29. The van der Waals surface area contributed by atoms with Crippen LogP contribution in [0.4, 0.5) is 13.2 Å². The van der Waals surface area contributed by atoms with Gasteiger partial charge in [-0.25, -0.2) is 4.98 Å². The number of fused-ring (bicyclic) bond motifs is 1. The van der Waals surface area contributed by atoms with Crippen LogP contribution < -0.4 is 0 Å². The molecule has 0 radical (unpaired) electrons. The number of halogens is 4. The fourth-order valence-electron chi connectivity index (χ4n) is 2.20. The van der Waals surface area contributed by atoms with E-state index >= 15 is 0 Å². The summed E-state index contributed by atoms with van der Waals surface area (Å²) in [5.74, 6) is -0.508. The fourth-order valence-corrected chi connectivity index (χ4v) is 2.54. The second-order valence-electron chi connectivity index (χ2n) is 5.03. The molecule has 0 aliphatic carbocycles. The van der Waals surface area contributed by atoms with Crippen LogP contribution in [0.2, 0.25) is 0 Å². The van der Waals surface area contributed by atoms with Crippen molar-refractivity contribution >= 4 is 33.4 Å². The second-order valence-corrected chi connectivity index (χ2v) is 5.95. The molecule has 0 saturated heterocycles. The third-order valence-corrected chi connectivity index (χ3v) is 3.85. The monoisotopic (exact) mass is 394 g/mol. The average Bonchev–Trinajstić information content (AvgIpc) is 2.94. The smallest absolute Gasteiger partial charge is 0.299 e. The number of imidazole rings is 1. The van der Waals surface area contributed by atoms with Crippen molar-refractivity contribution in [3.8, 4) is 0 Å². The molecule has 2 aromatic heterocycles. The molecule has 0 amide bonds. The number of ketones is 1. The number of pyridine rings is 1. The van der Waals surface area contributed by atoms with Crippen LogP contribution in [0.3, 0.4) is 0 Å². The number of nitrogens with zero attached hydrogens (tertiary/aromatic N) is 2. The zero-order valence-corrected chi connectivity index (χ0v) is 13.7. The molecule has 0 saturated carbocycles. The SMILES string of the molecule is O=C(C=Cc1cnc2ccc(Br)cn12)c1cccc(C(F)(F)F)c1. The molecule has 7 heteroatoms. The molecule has 3 aromatic rings. The van der Waals surface area contributed by atoms with Crippen molar-refractivity contribution in [1.29, 1.82) is 0 Å². The highest BCUT2D eigenvalue weighted by Gasteiger charge is 2.30. The maximum absolute atomic E-state index is 12.7. The molecule has 0 bridgehead atoms. The third kappa shape index (κ3) is 3.41. The van der Waals surface area contributed by atoms with E-state index in [4.69, 9.17) is 0 Å². The lowest BCUT2D eigenvalue weighted by Gasteiger charge is -2.07. The Morgan fingerprint density at radius 3 is 2.75 bits per heavy atom. The Labute approximate surface area is 143 Å². The first-order valence-electron chi connectivity index (χ1n) is 6.87. The fraction of sp³-hybridized carbons (Fsp3) is 0.0588. The lowest BCUT2D eigenvalue weighted by molar-refractivity contribution is -0.137. The molecule has 1 aromatic carbocycles. The Bertz CT molecular complexity index is 944. The number of benzene rings is 1. The number of alkyl halides is 3. The van der Waals surface area contributed by atoms with E-state index in [1.165, 1.54) is 24.3 Å². The van der Waals surface area contributed by atoms with Crippen molar-refractivity contribution in [3.63, 3.8) is 0 Å². The van der Waals surface area contributed by atoms with Gasteiger partial charge in [0.05, 0.1) is 17.5 Å². The molecule has 0 N–H and O–H groups in total. The van der Waals surface area contributed by atoms with Crippen molar-refractivity contribution in [2.75, 3.05) is 0 Å². The summed E-state index contributed by atoms with van der Waals surface area (Å²) < 4.78 is 40.7. The van der Waals surface area contributed by atoms with Gasteiger partial charge in [0.25, 0.3) is 0 Å². The molecule has 3 nitrogen and oxygen atoms in total. The summed E-state index contributed by atoms with van der Waals surface area (Å²) in [6.45, 7) is 0. The van der Waals surface area contributed by atoms with Gasteiger partial charge in [0.1, 0.15) is 5.65 Å². The molecule has 3 rings (SSSR count). The highest BCUT2D eigenvalue weighted by molar-refractivity contribution is 9.10. The Balaban J connectivity index is 1.89. The van der Waals surface area contributed by atoms with Crippen molar-refractivity contribution in [2.24, 2.45) is 0 Å². The van der Waals surface area contributed by atoms with Gasteiger partial charge in [-0.05, 0) is 52.3 Å². The topological polar surface area (TPSA) is 34.4 Å². The van der Waals surface area contributed by atoms with Gasteiger partial charge < -0.3 is 0 Å². The predicted octanol–water partition coefficient (Wildman–Crippen LogP) is 5.01. The number of aromatic nitrogens is 2. The first-order chi connectivity index (χ1) is 11.3. The van der Waals surface area contributed by atoms with Crippen LogP contribution in [0.15, 0.2) is 59.3 Å². The van der Waals surface area contributed by atoms with Crippen molar-refractivity contribution in [2.45, 2.75) is 6.18 Å². The normalized spacial score (nSPS) is 12.2. The Hall–Kier alpha value is -2.41. The van der Waals surface area contributed by atoms with Gasteiger partial charge in [-0.3, -0.25) is 9.20 Å². The maximum Gasteiger partial charge on any atom is 0.416 e. The van der Waals surface area contributed by atoms with Crippen LogP contribution >= 0.6 is 15.9 Å². The van der Waals surface area contributed by atoms with Gasteiger partial charge >= 0.3 is 6.18 Å². The van der Waals surface area contributed by atoms with Crippen molar-refractivity contribution in [3.05, 3.63) is 76.2 Å². The van der Waals surface area contributed by atoms with Gasteiger partial charge in [-0.15, -0.1) is 0 Å². The summed E-state index contributed by atoms with van der Waals surface area (Å²) in [5, 5.41) is 0. The van der Waals surface area contributed by atoms with E-state index in [-0.39, 0.29) is 5.56 Å². The number of carbonyl (C=O) groups is 1. The molecular formula is C17H10BrF3N2O. The molecule has 0 aliphatic rings. The Kier molecular flexibility index (Phi) is 4.28. The minimum absolute atomic E-state index is 0.0175. The zero-order chi connectivity index (χ0) is 17.3. The molecule has 24 heavy (non-hydrogen) atoms. The van der Waals surface area contributed by atoms with Crippen LogP contribution in [-0.4, -0.2) is 15.2 Å². The first-order valence-corrected chi connectivity index (χ1v) is 7.66. The molecule has 0 fully saturated rings. The number of hydrogen-bond donors (Lipinski definition) is 0. The highest BCUT2D eigenvalue weighted by atomic mass is 79.9. The van der Waals surface area contributed by atoms with Gasteiger partial charge in [0.15, 0.2) is 5.78 Å². The summed E-state index contributed by atoms with van der Waals surface area (Å²) in [5.41, 5.74) is 0.479. The van der Waals surface area contributed by atoms with Gasteiger partial charge in [-0.2, -0.15) is 13.2 Å². The standard InChI is InChI=1S/C17H10BrF3N2O/c18-13-4-7-16-22-9-14(23(16)10-13)5-6-15(24)11-2-1-3-12(8-11)17(19,20)21/h1-10H. The number of rotatable bonds is 3. The van der Waals surface area contributed by atoms with E-state index in [9.17, 15) is 18.0 Å². The minimum Gasteiger partial charge on any atom is -0.299 e. The third-order valence-electron chi connectivity index (χ3n) is 3.38. The number of hydrogen-bond acceptors (Lipinski definition) is 2. The van der Waals surface area contributed by atoms with Crippen LogP contribution in [0.1, 0.15) is 21.6 Å². The summed E-state index contributed by atoms with van der Waals surface area (Å²) in [6.07, 6.45) is 1.65. The maximum atomic E-state index is 12.7. The summed E-state index contributed by atoms with van der Waals surface area (Å²) in [4.78, 5) is 16.3. The second kappa shape index (κ2) is 6.24. The van der Waals surface area contributed by atoms with E-state index in [2.05, 4.69) is 20.9 Å². The van der Waals surface area contributed by atoms with E-state index < -0.39 is 17.5 Å². The number of allylic oxidation sites excluding steroid dienone is 1. The predicted molar refractivity (Wildman–Crippen MR) is 87.7 cm³/mol. The Morgan fingerprint density at radius 2 is 2.00 bits per heavy atom. The van der Waals surface area contributed by atoms with Crippen molar-refractivity contribution in [1.82, 2.24) is 9.38 Å². The Morgan fingerprint density at radius 1 is 1.21 bits per heavy atom. The molecule has 0 atom stereocenters. The molecule has 122 valence electrons. The lowest BCUT2D eigenvalue weighted by atomic mass is 10.1. The molecular weight excluding hydrogens is 385 g/mol. The van der Waals surface area contributed by atoms with Crippen LogP contribution in [0.5, 0.6) is 0 Å². The first kappa shape index (κ1) is 16.4. The molecule has 2 heterocycles. The molecule has 0 spiro atoms. The van der Waals surface area contributed by atoms with Crippen LogP contribution in [0.25, 0.3) is 11.7 Å². The van der Waals surface area contributed by atoms with E-state index in [1.54, 1.807) is 22.9 Å². The molecule has 0 unspecified atom stereocenters. The summed E-state index contributed by atoms with van der Waals surface area (Å²) in [7, 11) is 0. The average molecular weight is 395 g/mol. The summed E-state index contributed by atoms with van der Waals surface area (Å²) >= 11 is 3.35. The van der Waals surface area contributed by atoms with Gasteiger partial charge in [-0.1, -0.05) is 12.1 Å². The zero-order valence-electron chi connectivity index (χ0n) is 12.1. The minimum atomic E-state index is -4.48. The van der Waals surface area contributed by atoms with E-state index in [1.807, 2.05) is 6.07 Å². The number of carbonyl (C=O) groups excluding carboxylic acids is 1. The van der Waals surface area contributed by atoms with Gasteiger partial charge in [0.2, 0.25) is 0 Å². The van der Waals surface area contributed by atoms with Crippen LogP contribution in [0, 0.1) is 0 Å².